The van der Waals surface area contributed by atoms with Crippen molar-refractivity contribution in [2.45, 2.75) is 44.2 Å². The number of nitrogens with two attached hydrogens (primary N) is 1. The third-order valence-corrected chi connectivity index (χ3v) is 3.44. The summed E-state index contributed by atoms with van der Waals surface area (Å²) >= 11 is 0. The number of carbonyl (C=O) groups is 1. The second-order valence-electron chi connectivity index (χ2n) is 6.06. The first-order valence-electron chi connectivity index (χ1n) is 6.70. The van der Waals surface area contributed by atoms with E-state index >= 15 is 0 Å². The van der Waals surface area contributed by atoms with Gasteiger partial charge in [-0.05, 0) is 46.7 Å². The van der Waals surface area contributed by atoms with Crippen molar-refractivity contribution in [3.05, 3.63) is 0 Å². The highest BCUT2D eigenvalue weighted by Gasteiger charge is 2.27. The lowest BCUT2D eigenvalue weighted by Gasteiger charge is -2.29. The summed E-state index contributed by atoms with van der Waals surface area (Å²) in [4.78, 5) is 13.9. The van der Waals surface area contributed by atoms with E-state index in [0.717, 1.165) is 25.7 Å². The van der Waals surface area contributed by atoms with E-state index in [-0.39, 0.29) is 17.9 Å². The number of likely N-dealkylation sites (N-methyl/N-ethyl adjacent to an activating group) is 1. The fourth-order valence-corrected chi connectivity index (χ4v) is 2.54. The Labute approximate surface area is 110 Å². The Bertz CT molecular complexity index is 271. The molecule has 106 valence electrons. The predicted octanol–water partition coefficient (Wildman–Crippen LogP) is -0.0673. The first-order chi connectivity index (χ1) is 8.30. The van der Waals surface area contributed by atoms with Crippen molar-refractivity contribution >= 4 is 5.91 Å². The predicted molar refractivity (Wildman–Crippen MR) is 72.1 cm³/mol. The SMILES string of the molecule is CN(C)CC(C)(O)CNC(=O)C1CCC(N)CC1. The highest BCUT2D eigenvalue weighted by Crippen LogP contribution is 2.23. The molecule has 1 aliphatic carbocycles. The number of rotatable bonds is 5. The summed E-state index contributed by atoms with van der Waals surface area (Å²) in [6, 6.07) is 0.255. The molecule has 0 aromatic carbocycles. The van der Waals surface area contributed by atoms with Gasteiger partial charge in [-0.1, -0.05) is 0 Å². The van der Waals surface area contributed by atoms with E-state index in [9.17, 15) is 9.90 Å². The summed E-state index contributed by atoms with van der Waals surface area (Å²) in [6.07, 6.45) is 3.57. The topological polar surface area (TPSA) is 78.6 Å². The summed E-state index contributed by atoms with van der Waals surface area (Å²) in [7, 11) is 3.80. The molecule has 4 N–H and O–H groups in total. The minimum absolute atomic E-state index is 0.0564. The normalized spacial score (nSPS) is 27.9. The maximum atomic E-state index is 12.0. The van der Waals surface area contributed by atoms with Crippen LogP contribution in [0.4, 0.5) is 0 Å². The third kappa shape index (κ3) is 5.33. The van der Waals surface area contributed by atoms with Crippen LogP contribution in [-0.2, 0) is 4.79 Å². The number of carbonyl (C=O) groups excluding carboxylic acids is 1. The van der Waals surface area contributed by atoms with Crippen LogP contribution in [0.3, 0.4) is 0 Å². The molecular weight excluding hydrogens is 230 g/mol. The van der Waals surface area contributed by atoms with Crippen molar-refractivity contribution in [3.63, 3.8) is 0 Å². The molecule has 0 bridgehead atoms. The van der Waals surface area contributed by atoms with Gasteiger partial charge in [0.25, 0.3) is 0 Å². The molecule has 0 spiro atoms. The Kier molecular flexibility index (Phi) is 5.56. The summed E-state index contributed by atoms with van der Waals surface area (Å²) < 4.78 is 0. The zero-order valence-electron chi connectivity index (χ0n) is 11.8. The van der Waals surface area contributed by atoms with Crippen molar-refractivity contribution in [2.75, 3.05) is 27.2 Å². The van der Waals surface area contributed by atoms with Crippen LogP contribution in [-0.4, -0.2) is 54.7 Å². The van der Waals surface area contributed by atoms with Crippen molar-refractivity contribution in [3.8, 4) is 0 Å². The zero-order chi connectivity index (χ0) is 13.8. The van der Waals surface area contributed by atoms with Crippen molar-refractivity contribution < 1.29 is 9.90 Å². The highest BCUT2D eigenvalue weighted by atomic mass is 16.3. The number of hydrogen-bond acceptors (Lipinski definition) is 4. The lowest BCUT2D eigenvalue weighted by Crippen LogP contribution is -2.48. The van der Waals surface area contributed by atoms with Crippen LogP contribution in [0.1, 0.15) is 32.6 Å². The van der Waals surface area contributed by atoms with E-state index in [1.54, 1.807) is 6.92 Å². The van der Waals surface area contributed by atoms with Crippen LogP contribution in [0.2, 0.25) is 0 Å². The van der Waals surface area contributed by atoms with Crippen molar-refractivity contribution in [2.24, 2.45) is 11.7 Å². The van der Waals surface area contributed by atoms with Crippen LogP contribution in [0, 0.1) is 5.92 Å². The molecule has 0 radical (unpaired) electrons. The van der Waals surface area contributed by atoms with E-state index in [4.69, 9.17) is 5.73 Å². The second-order valence-corrected chi connectivity index (χ2v) is 6.06. The number of nitrogens with zero attached hydrogens (tertiary/aromatic N) is 1. The fraction of sp³-hybridized carbons (Fsp3) is 0.923. The Balaban J connectivity index is 2.32. The van der Waals surface area contributed by atoms with Gasteiger partial charge in [-0.25, -0.2) is 0 Å². The minimum atomic E-state index is -0.885. The number of hydrogen-bond donors (Lipinski definition) is 3. The molecule has 5 nitrogen and oxygen atoms in total. The second kappa shape index (κ2) is 6.50. The molecule has 0 heterocycles. The minimum Gasteiger partial charge on any atom is -0.387 e. The van der Waals surface area contributed by atoms with Crippen LogP contribution >= 0.6 is 0 Å². The quantitative estimate of drug-likeness (QED) is 0.644. The van der Waals surface area contributed by atoms with Gasteiger partial charge in [-0.2, -0.15) is 0 Å². The van der Waals surface area contributed by atoms with E-state index in [1.165, 1.54) is 0 Å². The van der Waals surface area contributed by atoms with Gasteiger partial charge in [0.2, 0.25) is 5.91 Å². The molecule has 0 aliphatic heterocycles. The Hall–Kier alpha value is -0.650. The van der Waals surface area contributed by atoms with Gasteiger partial charge < -0.3 is 21.1 Å². The fourth-order valence-electron chi connectivity index (χ4n) is 2.54. The third-order valence-electron chi connectivity index (χ3n) is 3.44. The number of nitrogens with one attached hydrogen (secondary N) is 1. The van der Waals surface area contributed by atoms with Gasteiger partial charge >= 0.3 is 0 Å². The first kappa shape index (κ1) is 15.4. The van der Waals surface area contributed by atoms with Gasteiger partial charge in [0, 0.05) is 25.0 Å². The monoisotopic (exact) mass is 257 g/mol. The number of amides is 1. The zero-order valence-corrected chi connectivity index (χ0v) is 11.8. The molecular formula is C13H27N3O2. The summed E-state index contributed by atoms with van der Waals surface area (Å²) in [5, 5.41) is 13.0. The highest BCUT2D eigenvalue weighted by molar-refractivity contribution is 5.78. The maximum Gasteiger partial charge on any atom is 0.223 e. The Morgan fingerprint density at radius 2 is 1.94 bits per heavy atom. The Morgan fingerprint density at radius 3 is 2.44 bits per heavy atom. The molecule has 1 unspecified atom stereocenters. The summed E-state index contributed by atoms with van der Waals surface area (Å²) in [5.74, 6) is 0.126. The molecule has 0 aromatic rings. The summed E-state index contributed by atoms with van der Waals surface area (Å²) in [5.41, 5.74) is 4.93. The van der Waals surface area contributed by atoms with E-state index < -0.39 is 5.60 Å². The first-order valence-corrected chi connectivity index (χ1v) is 6.70. The lowest BCUT2D eigenvalue weighted by atomic mass is 9.86. The average molecular weight is 257 g/mol. The summed E-state index contributed by atoms with van der Waals surface area (Å²) in [6.45, 7) is 2.57. The van der Waals surface area contributed by atoms with Crippen molar-refractivity contribution in [1.82, 2.24) is 10.2 Å². The van der Waals surface area contributed by atoms with Crippen LogP contribution < -0.4 is 11.1 Å². The molecule has 1 atom stereocenters. The van der Waals surface area contributed by atoms with Crippen molar-refractivity contribution in [1.29, 1.82) is 0 Å². The molecule has 1 rings (SSSR count). The molecule has 1 amide bonds. The maximum absolute atomic E-state index is 12.0. The molecule has 1 aliphatic rings. The van der Waals surface area contributed by atoms with Gasteiger partial charge in [0.05, 0.1) is 5.60 Å². The van der Waals surface area contributed by atoms with Gasteiger partial charge in [-0.3, -0.25) is 4.79 Å². The Morgan fingerprint density at radius 1 is 1.39 bits per heavy atom. The van der Waals surface area contributed by atoms with Crippen LogP contribution in [0.15, 0.2) is 0 Å². The smallest absolute Gasteiger partial charge is 0.223 e. The van der Waals surface area contributed by atoms with E-state index in [2.05, 4.69) is 5.32 Å². The molecule has 1 saturated carbocycles. The molecule has 5 heteroatoms. The largest absolute Gasteiger partial charge is 0.387 e. The molecule has 0 saturated heterocycles. The van der Waals surface area contributed by atoms with E-state index in [0.29, 0.717) is 13.1 Å². The number of aliphatic hydroxyl groups is 1. The van der Waals surface area contributed by atoms with Gasteiger partial charge in [-0.15, -0.1) is 0 Å². The molecule has 1 fully saturated rings. The van der Waals surface area contributed by atoms with Gasteiger partial charge in [0.1, 0.15) is 0 Å². The van der Waals surface area contributed by atoms with Crippen LogP contribution in [0.5, 0.6) is 0 Å². The van der Waals surface area contributed by atoms with Gasteiger partial charge in [0.15, 0.2) is 0 Å². The molecule has 0 aromatic heterocycles. The average Bonchev–Trinajstić information content (AvgIpc) is 2.25. The molecule has 18 heavy (non-hydrogen) atoms. The van der Waals surface area contributed by atoms with Crippen LogP contribution in [0.25, 0.3) is 0 Å². The standard InChI is InChI=1S/C13H27N3O2/c1-13(18,9-16(2)3)8-15-12(17)10-4-6-11(14)7-5-10/h10-11,18H,4-9,14H2,1-3H3,(H,15,17). The lowest BCUT2D eigenvalue weighted by molar-refractivity contribution is -0.127. The van der Waals surface area contributed by atoms with E-state index in [1.807, 2.05) is 19.0 Å².